The molecule has 12 rings (SSSR count). The molecule has 9 aromatic rings. The lowest BCUT2D eigenvalue weighted by Crippen LogP contribution is -2.20. The van der Waals surface area contributed by atoms with Gasteiger partial charge in [-0.15, -0.1) is 0 Å². The summed E-state index contributed by atoms with van der Waals surface area (Å²) in [4.78, 5) is 4.66. The van der Waals surface area contributed by atoms with Crippen molar-refractivity contribution in [3.8, 4) is 67.5 Å². The van der Waals surface area contributed by atoms with Gasteiger partial charge in [0.15, 0.2) is 23.0 Å². The predicted molar refractivity (Wildman–Crippen MR) is 250 cm³/mol. The topological polar surface area (TPSA) is 24.9 Å². The van der Waals surface area contributed by atoms with E-state index in [2.05, 4.69) is 206 Å². The first-order chi connectivity index (χ1) is 30.0. The molecule has 3 aliphatic rings. The van der Waals surface area contributed by atoms with Crippen LogP contribution in [-0.2, 0) is 5.41 Å². The molecule has 0 unspecified atom stereocenters. The zero-order valence-electron chi connectivity index (χ0n) is 33.8. The number of benzene rings is 9. The predicted octanol–water partition coefficient (Wildman–Crippen LogP) is 16.1. The van der Waals surface area contributed by atoms with Crippen molar-refractivity contribution in [1.29, 1.82) is 0 Å². The van der Waals surface area contributed by atoms with Crippen LogP contribution in [0.3, 0.4) is 0 Å². The molecule has 2 aliphatic heterocycles. The van der Waals surface area contributed by atoms with Gasteiger partial charge in [0, 0.05) is 28.0 Å². The first-order valence-corrected chi connectivity index (χ1v) is 20.9. The Kier molecular flexibility index (Phi) is 7.85. The van der Waals surface area contributed by atoms with Gasteiger partial charge in [-0.3, -0.25) is 4.90 Å². The molecule has 0 saturated heterocycles. The molecule has 2 heterocycles. The highest BCUT2D eigenvalue weighted by molar-refractivity contribution is 5.98. The Balaban J connectivity index is 0.925. The second kappa shape index (κ2) is 13.6. The zero-order chi connectivity index (χ0) is 40.7. The summed E-state index contributed by atoms with van der Waals surface area (Å²) in [7, 11) is 0. The van der Waals surface area contributed by atoms with Crippen LogP contribution in [0.2, 0.25) is 0 Å². The maximum atomic E-state index is 6.76. The van der Waals surface area contributed by atoms with Crippen LogP contribution in [0.15, 0.2) is 206 Å². The van der Waals surface area contributed by atoms with E-state index in [4.69, 9.17) is 9.47 Å². The Morgan fingerprint density at radius 2 is 0.918 bits per heavy atom. The Hall–Kier alpha value is -7.82. The van der Waals surface area contributed by atoms with Crippen LogP contribution < -0.4 is 19.3 Å². The van der Waals surface area contributed by atoms with Crippen LogP contribution in [0.5, 0.6) is 23.0 Å². The van der Waals surface area contributed by atoms with Gasteiger partial charge in [-0.05, 0) is 129 Å². The molecule has 9 aromatic carbocycles. The van der Waals surface area contributed by atoms with E-state index in [1.54, 1.807) is 0 Å². The molecule has 290 valence electrons. The van der Waals surface area contributed by atoms with Crippen LogP contribution in [0.25, 0.3) is 44.5 Å². The van der Waals surface area contributed by atoms with E-state index >= 15 is 0 Å². The zero-order valence-corrected chi connectivity index (χ0v) is 33.8. The van der Waals surface area contributed by atoms with E-state index < -0.39 is 0 Å². The minimum atomic E-state index is -0.111. The fourth-order valence-electron chi connectivity index (χ4n) is 9.61. The molecule has 0 aromatic heterocycles. The van der Waals surface area contributed by atoms with E-state index in [0.717, 1.165) is 79.4 Å². The van der Waals surface area contributed by atoms with E-state index in [0.29, 0.717) is 0 Å². The van der Waals surface area contributed by atoms with Gasteiger partial charge in [0.05, 0.1) is 11.4 Å². The lowest BCUT2D eigenvalue weighted by atomic mass is 9.82. The lowest BCUT2D eigenvalue weighted by molar-refractivity contribution is 0.447. The first-order valence-electron chi connectivity index (χ1n) is 20.9. The second-order valence-corrected chi connectivity index (χ2v) is 16.5. The molecule has 0 saturated carbocycles. The van der Waals surface area contributed by atoms with E-state index in [9.17, 15) is 0 Å². The maximum Gasteiger partial charge on any atom is 0.163 e. The smallest absolute Gasteiger partial charge is 0.163 e. The summed E-state index contributed by atoms with van der Waals surface area (Å²) in [6.07, 6.45) is 0. The summed E-state index contributed by atoms with van der Waals surface area (Å²) in [6, 6.07) is 73.6. The van der Waals surface area contributed by atoms with Gasteiger partial charge >= 0.3 is 0 Å². The number of nitrogens with zero attached hydrogens (tertiary/aromatic N) is 2. The van der Waals surface area contributed by atoms with Crippen LogP contribution in [0.4, 0.5) is 34.1 Å². The first kappa shape index (κ1) is 35.2. The van der Waals surface area contributed by atoms with Crippen molar-refractivity contribution < 1.29 is 9.47 Å². The normalized spacial score (nSPS) is 13.4. The van der Waals surface area contributed by atoms with Crippen molar-refractivity contribution in [2.24, 2.45) is 0 Å². The highest BCUT2D eigenvalue weighted by Crippen LogP contribution is 2.61. The quantitative estimate of drug-likeness (QED) is 0.168. The van der Waals surface area contributed by atoms with Crippen LogP contribution >= 0.6 is 0 Å². The standard InChI is InChI=1S/C57H40N2O2/c1-57(2)48-18-7-6-17-46(48)47-32-31-44(36-49(47)57)58(42-27-23-38(24-28-42)37-13-4-3-5-14-37)43-29-25-39(26-30-43)40-15-12-16-41(35-40)45-33-34-54-55-56(45)61-53-22-11-9-20-51(53)59(55)50-19-8-10-21-52(50)60-54/h3-36H,1-2H3. The Morgan fingerprint density at radius 1 is 0.377 bits per heavy atom. The van der Waals surface area contributed by atoms with Gasteiger partial charge in [-0.2, -0.15) is 0 Å². The molecule has 0 fully saturated rings. The summed E-state index contributed by atoms with van der Waals surface area (Å²) in [6.45, 7) is 4.69. The molecule has 0 bridgehead atoms. The third-order valence-electron chi connectivity index (χ3n) is 12.7. The number of hydrogen-bond donors (Lipinski definition) is 0. The molecule has 4 nitrogen and oxygen atoms in total. The van der Waals surface area contributed by atoms with Crippen molar-refractivity contribution in [2.45, 2.75) is 19.3 Å². The summed E-state index contributed by atoms with van der Waals surface area (Å²) >= 11 is 0. The van der Waals surface area contributed by atoms with E-state index in [1.807, 2.05) is 24.3 Å². The average molecular weight is 785 g/mol. The van der Waals surface area contributed by atoms with Crippen LogP contribution in [0, 0.1) is 0 Å². The lowest BCUT2D eigenvalue weighted by Gasteiger charge is -2.38. The van der Waals surface area contributed by atoms with Gasteiger partial charge in [0.2, 0.25) is 0 Å². The van der Waals surface area contributed by atoms with Crippen molar-refractivity contribution in [1.82, 2.24) is 0 Å². The van der Waals surface area contributed by atoms with Crippen molar-refractivity contribution in [3.63, 3.8) is 0 Å². The molecular formula is C57H40N2O2. The Bertz CT molecular complexity index is 3160. The molecular weight excluding hydrogens is 745 g/mol. The van der Waals surface area contributed by atoms with Gasteiger partial charge < -0.3 is 14.4 Å². The second-order valence-electron chi connectivity index (χ2n) is 16.5. The Morgan fingerprint density at radius 3 is 1.66 bits per heavy atom. The maximum absolute atomic E-state index is 6.76. The SMILES string of the molecule is CC1(C)c2ccccc2-c2ccc(N(c3ccc(-c4ccccc4)cc3)c3ccc(-c4cccc(-c5ccc6c7c5Oc5ccccc5N7c5ccccc5O6)c4)cc3)cc21. The third-order valence-corrected chi connectivity index (χ3v) is 12.7. The van der Waals surface area contributed by atoms with Crippen molar-refractivity contribution in [3.05, 3.63) is 217 Å². The van der Waals surface area contributed by atoms with E-state index in [1.165, 1.54) is 33.4 Å². The van der Waals surface area contributed by atoms with Gasteiger partial charge in [-0.1, -0.05) is 141 Å². The molecule has 0 spiro atoms. The summed E-state index contributed by atoms with van der Waals surface area (Å²) in [5.74, 6) is 3.19. The van der Waals surface area contributed by atoms with E-state index in [-0.39, 0.29) is 5.41 Å². The highest BCUT2D eigenvalue weighted by atomic mass is 16.5. The van der Waals surface area contributed by atoms with Crippen molar-refractivity contribution in [2.75, 3.05) is 9.80 Å². The fourth-order valence-corrected chi connectivity index (χ4v) is 9.61. The van der Waals surface area contributed by atoms with Crippen molar-refractivity contribution >= 4 is 34.1 Å². The molecule has 0 radical (unpaired) electrons. The number of anilines is 6. The largest absolute Gasteiger partial charge is 0.453 e. The molecule has 0 N–H and O–H groups in total. The summed E-state index contributed by atoms with van der Waals surface area (Å²) in [5, 5.41) is 0. The number of ether oxygens (including phenoxy) is 2. The number of fused-ring (bicyclic) bond motifs is 7. The number of hydrogen-bond acceptors (Lipinski definition) is 4. The van der Waals surface area contributed by atoms with Gasteiger partial charge in [0.1, 0.15) is 5.69 Å². The molecule has 4 heteroatoms. The number of rotatable bonds is 6. The van der Waals surface area contributed by atoms with Crippen LogP contribution in [-0.4, -0.2) is 0 Å². The molecule has 0 amide bonds. The fraction of sp³-hybridized carbons (Fsp3) is 0.0526. The Labute approximate surface area is 356 Å². The average Bonchev–Trinajstić information content (AvgIpc) is 3.55. The number of para-hydroxylation sites is 4. The van der Waals surface area contributed by atoms with Gasteiger partial charge in [-0.25, -0.2) is 0 Å². The minimum Gasteiger partial charge on any atom is -0.453 e. The van der Waals surface area contributed by atoms with Crippen LogP contribution in [0.1, 0.15) is 25.0 Å². The molecule has 1 aliphatic carbocycles. The van der Waals surface area contributed by atoms with Gasteiger partial charge in [0.25, 0.3) is 0 Å². The highest BCUT2D eigenvalue weighted by Gasteiger charge is 2.37. The summed E-state index contributed by atoms with van der Waals surface area (Å²) in [5.41, 5.74) is 18.2. The summed E-state index contributed by atoms with van der Waals surface area (Å²) < 4.78 is 13.2. The monoisotopic (exact) mass is 784 g/mol. The molecule has 61 heavy (non-hydrogen) atoms. The third kappa shape index (κ3) is 5.60. The molecule has 0 atom stereocenters. The minimum absolute atomic E-state index is 0.111.